The van der Waals surface area contributed by atoms with Gasteiger partial charge >= 0.3 is 5.97 Å². The minimum atomic E-state index is -0.914. The smallest absolute Gasteiger partial charge is 0.338 e. The molecule has 0 aliphatic heterocycles. The molecule has 2 rings (SSSR count). The average Bonchev–Trinajstić information content (AvgIpc) is 2.61. The maximum atomic E-state index is 12.1. The molecule has 0 radical (unpaired) electrons. The molecule has 0 fully saturated rings. The van der Waals surface area contributed by atoms with Crippen LogP contribution < -0.4 is 9.47 Å². The summed E-state index contributed by atoms with van der Waals surface area (Å²) in [7, 11) is 3.13. The first-order valence-electron chi connectivity index (χ1n) is 7.22. The highest BCUT2D eigenvalue weighted by Gasteiger charge is 2.21. The van der Waals surface area contributed by atoms with Gasteiger partial charge in [-0.2, -0.15) is 0 Å². The molecule has 2 atom stereocenters. The van der Waals surface area contributed by atoms with Crippen LogP contribution in [0.2, 0.25) is 0 Å². The van der Waals surface area contributed by atoms with Crippen molar-refractivity contribution in [2.75, 3.05) is 14.2 Å². The summed E-state index contributed by atoms with van der Waals surface area (Å²) in [5, 5.41) is 10.3. The van der Waals surface area contributed by atoms with E-state index in [0.717, 1.165) is 0 Å². The Morgan fingerprint density at radius 3 is 1.87 bits per heavy atom. The maximum absolute atomic E-state index is 12.1. The van der Waals surface area contributed by atoms with Crippen LogP contribution in [0.3, 0.4) is 0 Å². The summed E-state index contributed by atoms with van der Waals surface area (Å²) < 4.78 is 15.4. The lowest BCUT2D eigenvalue weighted by atomic mass is 10.1. The van der Waals surface area contributed by atoms with E-state index >= 15 is 0 Å². The lowest BCUT2D eigenvalue weighted by Gasteiger charge is -2.20. The Morgan fingerprint density at radius 2 is 1.39 bits per heavy atom. The minimum absolute atomic E-state index is 0.402. The van der Waals surface area contributed by atoms with Gasteiger partial charge in [-0.1, -0.05) is 12.1 Å². The molecule has 122 valence electrons. The summed E-state index contributed by atoms with van der Waals surface area (Å²) >= 11 is 0. The molecule has 1 N–H and O–H groups in total. The highest BCUT2D eigenvalue weighted by molar-refractivity contribution is 5.89. The Bertz CT molecular complexity index is 633. The Morgan fingerprint density at radius 1 is 0.913 bits per heavy atom. The lowest BCUT2D eigenvalue weighted by molar-refractivity contribution is -0.0116. The first-order chi connectivity index (χ1) is 11.0. The van der Waals surface area contributed by atoms with Crippen LogP contribution in [0.5, 0.6) is 11.5 Å². The van der Waals surface area contributed by atoms with Crippen molar-refractivity contribution in [3.05, 3.63) is 59.7 Å². The number of rotatable bonds is 6. The van der Waals surface area contributed by atoms with E-state index in [0.29, 0.717) is 22.6 Å². The molecule has 0 amide bonds. The molecule has 0 aliphatic carbocycles. The highest BCUT2D eigenvalue weighted by Crippen LogP contribution is 2.23. The first kappa shape index (κ1) is 16.8. The van der Waals surface area contributed by atoms with Crippen molar-refractivity contribution in [1.29, 1.82) is 0 Å². The van der Waals surface area contributed by atoms with Crippen LogP contribution in [-0.2, 0) is 4.74 Å². The van der Waals surface area contributed by atoms with E-state index in [9.17, 15) is 9.90 Å². The molecule has 0 saturated heterocycles. The molecule has 0 bridgehead atoms. The average molecular weight is 316 g/mol. The second-order valence-electron chi connectivity index (χ2n) is 5.06. The van der Waals surface area contributed by atoms with E-state index < -0.39 is 18.2 Å². The Labute approximate surface area is 135 Å². The zero-order chi connectivity index (χ0) is 16.8. The number of aliphatic hydroxyl groups is 1. The molecule has 0 aliphatic rings. The van der Waals surface area contributed by atoms with Gasteiger partial charge < -0.3 is 19.3 Å². The normalized spacial score (nSPS) is 13.0. The number of esters is 1. The van der Waals surface area contributed by atoms with Crippen LogP contribution in [0.1, 0.15) is 28.9 Å². The molecule has 0 saturated carbocycles. The third kappa shape index (κ3) is 4.23. The van der Waals surface area contributed by atoms with Gasteiger partial charge in [-0.05, 0) is 48.9 Å². The van der Waals surface area contributed by atoms with E-state index in [4.69, 9.17) is 14.2 Å². The molecule has 5 heteroatoms. The molecule has 2 unspecified atom stereocenters. The van der Waals surface area contributed by atoms with Gasteiger partial charge in [-0.15, -0.1) is 0 Å². The predicted octanol–water partition coefficient (Wildman–Crippen LogP) is 2.98. The quantitative estimate of drug-likeness (QED) is 0.830. The van der Waals surface area contributed by atoms with Crippen LogP contribution in [0, 0.1) is 0 Å². The first-order valence-corrected chi connectivity index (χ1v) is 7.22. The van der Waals surface area contributed by atoms with Crippen LogP contribution in [0.15, 0.2) is 48.5 Å². The maximum Gasteiger partial charge on any atom is 0.338 e. The van der Waals surface area contributed by atoms with E-state index in [1.54, 1.807) is 69.7 Å². The van der Waals surface area contributed by atoms with E-state index in [-0.39, 0.29) is 0 Å². The minimum Gasteiger partial charge on any atom is -0.497 e. The Balaban J connectivity index is 2.01. The predicted molar refractivity (Wildman–Crippen MR) is 85.8 cm³/mol. The SMILES string of the molecule is COc1ccc(C(=O)OC(C)C(O)c2ccc(OC)cc2)cc1. The number of carbonyl (C=O) groups is 1. The number of carbonyl (C=O) groups excluding carboxylic acids is 1. The standard InChI is InChI=1S/C18H20O5/c1-12(17(19)13-4-8-15(21-2)9-5-13)23-18(20)14-6-10-16(22-3)11-7-14/h4-12,17,19H,1-3H3. The Hall–Kier alpha value is -2.53. The molecular weight excluding hydrogens is 296 g/mol. The van der Waals surface area contributed by atoms with Crippen molar-refractivity contribution < 1.29 is 24.1 Å². The van der Waals surface area contributed by atoms with Gasteiger partial charge in [0.15, 0.2) is 0 Å². The van der Waals surface area contributed by atoms with Gasteiger partial charge in [0, 0.05) is 0 Å². The van der Waals surface area contributed by atoms with Crippen molar-refractivity contribution in [1.82, 2.24) is 0 Å². The van der Waals surface area contributed by atoms with Crippen LogP contribution in [-0.4, -0.2) is 31.4 Å². The van der Waals surface area contributed by atoms with Crippen LogP contribution in [0.25, 0.3) is 0 Å². The highest BCUT2D eigenvalue weighted by atomic mass is 16.6. The van der Waals surface area contributed by atoms with Gasteiger partial charge in [0.2, 0.25) is 0 Å². The summed E-state index contributed by atoms with van der Waals surface area (Å²) in [6.07, 6.45) is -1.60. The van der Waals surface area contributed by atoms with Gasteiger partial charge in [0.1, 0.15) is 23.7 Å². The van der Waals surface area contributed by atoms with Gasteiger partial charge in [-0.25, -0.2) is 4.79 Å². The molecule has 5 nitrogen and oxygen atoms in total. The molecular formula is C18H20O5. The number of ether oxygens (including phenoxy) is 3. The van der Waals surface area contributed by atoms with Crippen molar-refractivity contribution in [2.24, 2.45) is 0 Å². The second-order valence-corrected chi connectivity index (χ2v) is 5.06. The number of aliphatic hydroxyl groups excluding tert-OH is 1. The molecule has 2 aromatic rings. The van der Waals surface area contributed by atoms with Gasteiger partial charge in [-0.3, -0.25) is 0 Å². The van der Waals surface area contributed by atoms with Crippen molar-refractivity contribution in [3.8, 4) is 11.5 Å². The summed E-state index contributed by atoms with van der Waals surface area (Å²) in [4.78, 5) is 12.1. The monoisotopic (exact) mass is 316 g/mol. The van der Waals surface area contributed by atoms with Crippen LogP contribution in [0.4, 0.5) is 0 Å². The van der Waals surface area contributed by atoms with E-state index in [1.807, 2.05) is 0 Å². The van der Waals surface area contributed by atoms with Crippen molar-refractivity contribution in [2.45, 2.75) is 19.1 Å². The number of hydrogen-bond acceptors (Lipinski definition) is 5. The van der Waals surface area contributed by atoms with Crippen molar-refractivity contribution >= 4 is 5.97 Å². The largest absolute Gasteiger partial charge is 0.497 e. The molecule has 2 aromatic carbocycles. The number of benzene rings is 2. The zero-order valence-corrected chi connectivity index (χ0v) is 13.4. The fourth-order valence-electron chi connectivity index (χ4n) is 2.10. The zero-order valence-electron chi connectivity index (χ0n) is 13.4. The summed E-state index contributed by atoms with van der Waals surface area (Å²) in [6, 6.07) is 13.6. The van der Waals surface area contributed by atoms with E-state index in [2.05, 4.69) is 0 Å². The summed E-state index contributed by atoms with van der Waals surface area (Å²) in [5.74, 6) is 0.865. The van der Waals surface area contributed by atoms with Crippen molar-refractivity contribution in [3.63, 3.8) is 0 Å². The van der Waals surface area contributed by atoms with E-state index in [1.165, 1.54) is 0 Å². The fourth-order valence-corrected chi connectivity index (χ4v) is 2.10. The third-order valence-corrected chi connectivity index (χ3v) is 3.52. The Kier molecular flexibility index (Phi) is 5.60. The number of hydrogen-bond donors (Lipinski definition) is 1. The second kappa shape index (κ2) is 7.65. The summed E-state index contributed by atoms with van der Waals surface area (Å²) in [5.41, 5.74) is 1.06. The lowest BCUT2D eigenvalue weighted by Crippen LogP contribution is -2.22. The molecule has 23 heavy (non-hydrogen) atoms. The summed E-state index contributed by atoms with van der Waals surface area (Å²) in [6.45, 7) is 1.65. The molecule has 0 heterocycles. The van der Waals surface area contributed by atoms with Gasteiger partial charge in [0.25, 0.3) is 0 Å². The van der Waals surface area contributed by atoms with Crippen LogP contribution >= 0.6 is 0 Å². The number of methoxy groups -OCH3 is 2. The molecule has 0 aromatic heterocycles. The fraction of sp³-hybridized carbons (Fsp3) is 0.278. The molecule has 0 spiro atoms. The third-order valence-electron chi connectivity index (χ3n) is 3.52. The topological polar surface area (TPSA) is 65.0 Å². The van der Waals surface area contributed by atoms with Gasteiger partial charge in [0.05, 0.1) is 19.8 Å².